The second-order valence-electron chi connectivity index (χ2n) is 4.95. The first-order valence-electron chi connectivity index (χ1n) is 6.90. The monoisotopic (exact) mass is 262 g/mol. The molecule has 4 nitrogen and oxygen atoms in total. The van der Waals surface area contributed by atoms with E-state index in [2.05, 4.69) is 5.32 Å². The highest BCUT2D eigenvalue weighted by Gasteiger charge is 2.22. The lowest BCUT2D eigenvalue weighted by Gasteiger charge is -2.30. The molecule has 1 heterocycles. The van der Waals surface area contributed by atoms with E-state index in [1.165, 1.54) is 6.42 Å². The van der Waals surface area contributed by atoms with Crippen molar-refractivity contribution in [3.8, 4) is 5.75 Å². The minimum absolute atomic E-state index is 0.172. The van der Waals surface area contributed by atoms with Crippen LogP contribution in [0.4, 0.5) is 5.69 Å². The average molecular weight is 262 g/mol. The quantitative estimate of drug-likeness (QED) is 0.906. The number of benzene rings is 1. The number of carbonyl (C=O) groups is 1. The van der Waals surface area contributed by atoms with E-state index in [0.29, 0.717) is 0 Å². The SMILES string of the molecule is COc1ccccc1NC(C)C(=O)N1CCCCC1. The number of nitrogens with one attached hydrogen (secondary N) is 1. The van der Waals surface area contributed by atoms with Gasteiger partial charge in [0.25, 0.3) is 0 Å². The summed E-state index contributed by atoms with van der Waals surface area (Å²) < 4.78 is 5.28. The minimum atomic E-state index is -0.227. The van der Waals surface area contributed by atoms with Gasteiger partial charge in [-0.1, -0.05) is 12.1 Å². The Morgan fingerprint density at radius 1 is 1.26 bits per heavy atom. The van der Waals surface area contributed by atoms with Crippen LogP contribution in [0, 0.1) is 0 Å². The smallest absolute Gasteiger partial charge is 0.244 e. The molecule has 1 N–H and O–H groups in total. The molecule has 1 saturated heterocycles. The van der Waals surface area contributed by atoms with Gasteiger partial charge < -0.3 is 15.0 Å². The van der Waals surface area contributed by atoms with E-state index in [1.54, 1.807) is 7.11 Å². The maximum atomic E-state index is 12.3. The number of amides is 1. The third-order valence-corrected chi connectivity index (χ3v) is 3.52. The fourth-order valence-electron chi connectivity index (χ4n) is 2.45. The zero-order valence-electron chi connectivity index (χ0n) is 11.7. The van der Waals surface area contributed by atoms with E-state index in [0.717, 1.165) is 37.4 Å². The Balaban J connectivity index is 1.99. The van der Waals surface area contributed by atoms with Crippen LogP contribution in [0.1, 0.15) is 26.2 Å². The molecule has 0 spiro atoms. The second-order valence-corrected chi connectivity index (χ2v) is 4.95. The van der Waals surface area contributed by atoms with E-state index < -0.39 is 0 Å². The first kappa shape index (κ1) is 13.7. The number of carbonyl (C=O) groups excluding carboxylic acids is 1. The maximum absolute atomic E-state index is 12.3. The van der Waals surface area contributed by atoms with Crippen LogP contribution in [-0.4, -0.2) is 37.0 Å². The van der Waals surface area contributed by atoms with E-state index >= 15 is 0 Å². The predicted octanol–water partition coefficient (Wildman–Crippen LogP) is 2.51. The highest BCUT2D eigenvalue weighted by Crippen LogP contribution is 2.24. The van der Waals surface area contributed by atoms with E-state index in [4.69, 9.17) is 4.74 Å². The van der Waals surface area contributed by atoms with Gasteiger partial charge in [-0.3, -0.25) is 4.79 Å². The number of piperidine rings is 1. The summed E-state index contributed by atoms with van der Waals surface area (Å²) in [4.78, 5) is 14.3. The molecule has 1 aromatic carbocycles. The summed E-state index contributed by atoms with van der Waals surface area (Å²) in [5.74, 6) is 0.936. The largest absolute Gasteiger partial charge is 0.495 e. The summed E-state index contributed by atoms with van der Waals surface area (Å²) in [5, 5.41) is 3.24. The van der Waals surface area contributed by atoms with Crippen molar-refractivity contribution in [3.05, 3.63) is 24.3 Å². The van der Waals surface area contributed by atoms with Gasteiger partial charge in [0.2, 0.25) is 5.91 Å². The second kappa shape index (κ2) is 6.45. The Bertz CT molecular complexity index is 428. The van der Waals surface area contributed by atoms with Crippen LogP contribution in [0.2, 0.25) is 0 Å². The van der Waals surface area contributed by atoms with Crippen LogP contribution in [0.5, 0.6) is 5.75 Å². The van der Waals surface area contributed by atoms with Crippen molar-refractivity contribution < 1.29 is 9.53 Å². The van der Waals surface area contributed by atoms with Crippen molar-refractivity contribution in [1.29, 1.82) is 0 Å². The first-order chi connectivity index (χ1) is 9.22. The highest BCUT2D eigenvalue weighted by molar-refractivity contribution is 5.84. The van der Waals surface area contributed by atoms with Crippen LogP contribution in [-0.2, 0) is 4.79 Å². The summed E-state index contributed by atoms with van der Waals surface area (Å²) >= 11 is 0. The summed E-state index contributed by atoms with van der Waals surface area (Å²) in [6.45, 7) is 3.68. The van der Waals surface area contributed by atoms with Crippen LogP contribution in [0.25, 0.3) is 0 Å². The first-order valence-corrected chi connectivity index (χ1v) is 6.90. The average Bonchev–Trinajstić information content (AvgIpc) is 2.48. The molecule has 1 unspecified atom stereocenters. The van der Waals surface area contributed by atoms with E-state index in [-0.39, 0.29) is 11.9 Å². The third-order valence-electron chi connectivity index (χ3n) is 3.52. The summed E-state index contributed by atoms with van der Waals surface area (Å²) in [7, 11) is 1.64. The number of para-hydroxylation sites is 2. The Morgan fingerprint density at radius 3 is 2.63 bits per heavy atom. The van der Waals surface area contributed by atoms with Crippen molar-refractivity contribution >= 4 is 11.6 Å². The lowest BCUT2D eigenvalue weighted by atomic mass is 10.1. The summed E-state index contributed by atoms with van der Waals surface area (Å²) in [6, 6.07) is 7.44. The van der Waals surface area contributed by atoms with Gasteiger partial charge in [-0.25, -0.2) is 0 Å². The molecule has 1 fully saturated rings. The molecule has 0 radical (unpaired) electrons. The Morgan fingerprint density at radius 2 is 1.95 bits per heavy atom. The number of ether oxygens (including phenoxy) is 1. The lowest BCUT2D eigenvalue weighted by Crippen LogP contribution is -2.43. The Hall–Kier alpha value is -1.71. The van der Waals surface area contributed by atoms with Gasteiger partial charge in [0.1, 0.15) is 11.8 Å². The van der Waals surface area contributed by atoms with Crippen molar-refractivity contribution in [2.24, 2.45) is 0 Å². The Kier molecular flexibility index (Phi) is 4.66. The van der Waals surface area contributed by atoms with Crippen molar-refractivity contribution in [3.63, 3.8) is 0 Å². The molecule has 1 aliphatic rings. The molecule has 0 saturated carbocycles. The zero-order valence-corrected chi connectivity index (χ0v) is 11.7. The van der Waals surface area contributed by atoms with Gasteiger partial charge >= 0.3 is 0 Å². The van der Waals surface area contributed by atoms with Gasteiger partial charge in [-0.15, -0.1) is 0 Å². The molecular weight excluding hydrogens is 240 g/mol. The lowest BCUT2D eigenvalue weighted by molar-refractivity contribution is -0.132. The van der Waals surface area contributed by atoms with Crippen LogP contribution >= 0.6 is 0 Å². The number of anilines is 1. The van der Waals surface area contributed by atoms with E-state index in [9.17, 15) is 4.79 Å². The molecule has 0 aromatic heterocycles. The topological polar surface area (TPSA) is 41.6 Å². The summed E-state index contributed by atoms with van der Waals surface area (Å²) in [6.07, 6.45) is 3.47. The fraction of sp³-hybridized carbons (Fsp3) is 0.533. The van der Waals surface area contributed by atoms with Gasteiger partial charge in [0.05, 0.1) is 12.8 Å². The number of hydrogen-bond acceptors (Lipinski definition) is 3. The van der Waals surface area contributed by atoms with Gasteiger partial charge in [-0.2, -0.15) is 0 Å². The molecule has 19 heavy (non-hydrogen) atoms. The molecule has 1 aliphatic heterocycles. The molecule has 1 amide bonds. The van der Waals surface area contributed by atoms with Crippen LogP contribution in [0.15, 0.2) is 24.3 Å². The number of hydrogen-bond donors (Lipinski definition) is 1. The molecule has 4 heteroatoms. The number of rotatable bonds is 4. The van der Waals surface area contributed by atoms with Crippen molar-refractivity contribution in [1.82, 2.24) is 4.90 Å². The molecule has 104 valence electrons. The zero-order chi connectivity index (χ0) is 13.7. The normalized spacial score (nSPS) is 16.8. The van der Waals surface area contributed by atoms with Gasteiger partial charge in [-0.05, 0) is 38.3 Å². The highest BCUT2D eigenvalue weighted by atomic mass is 16.5. The number of methoxy groups -OCH3 is 1. The van der Waals surface area contributed by atoms with E-state index in [1.807, 2.05) is 36.1 Å². The number of nitrogens with zero attached hydrogens (tertiary/aromatic N) is 1. The molecule has 1 atom stereocenters. The minimum Gasteiger partial charge on any atom is -0.495 e. The standard InChI is InChI=1S/C15H22N2O2/c1-12(15(18)17-10-6-3-7-11-17)16-13-8-4-5-9-14(13)19-2/h4-5,8-9,12,16H,3,6-7,10-11H2,1-2H3. The fourth-order valence-corrected chi connectivity index (χ4v) is 2.45. The van der Waals surface area contributed by atoms with Gasteiger partial charge in [0, 0.05) is 13.1 Å². The van der Waals surface area contributed by atoms with Crippen LogP contribution < -0.4 is 10.1 Å². The molecule has 2 rings (SSSR count). The third kappa shape index (κ3) is 3.40. The maximum Gasteiger partial charge on any atom is 0.244 e. The van der Waals surface area contributed by atoms with Crippen LogP contribution in [0.3, 0.4) is 0 Å². The van der Waals surface area contributed by atoms with Gasteiger partial charge in [0.15, 0.2) is 0 Å². The van der Waals surface area contributed by atoms with Crippen molar-refractivity contribution in [2.75, 3.05) is 25.5 Å². The molecule has 0 bridgehead atoms. The Labute approximate surface area is 114 Å². The number of likely N-dealkylation sites (tertiary alicyclic amines) is 1. The predicted molar refractivity (Wildman–Crippen MR) is 76.5 cm³/mol. The summed E-state index contributed by atoms with van der Waals surface area (Å²) in [5.41, 5.74) is 0.864. The molecular formula is C15H22N2O2. The molecule has 1 aromatic rings. The molecule has 0 aliphatic carbocycles. The van der Waals surface area contributed by atoms with Crippen molar-refractivity contribution in [2.45, 2.75) is 32.2 Å².